The predicted octanol–water partition coefficient (Wildman–Crippen LogP) is -0.345. The van der Waals surface area contributed by atoms with Crippen LogP contribution in [0.3, 0.4) is 0 Å². The van der Waals surface area contributed by atoms with Crippen molar-refractivity contribution in [3.05, 3.63) is 29.8 Å². The van der Waals surface area contributed by atoms with Gasteiger partial charge in [0.2, 0.25) is 18.2 Å². The Bertz CT molecular complexity index is 551. The summed E-state index contributed by atoms with van der Waals surface area (Å²) in [6.07, 6.45) is 1.01. The molecule has 1 aromatic rings. The van der Waals surface area contributed by atoms with Crippen LogP contribution in [0.15, 0.2) is 24.3 Å². The van der Waals surface area contributed by atoms with Crippen LogP contribution < -0.4 is 10.1 Å². The van der Waals surface area contributed by atoms with Crippen molar-refractivity contribution in [2.24, 2.45) is 0 Å². The molecule has 0 radical (unpaired) electrons. The van der Waals surface area contributed by atoms with E-state index in [0.717, 1.165) is 17.7 Å². The van der Waals surface area contributed by atoms with E-state index >= 15 is 0 Å². The van der Waals surface area contributed by atoms with Gasteiger partial charge in [0, 0.05) is 26.2 Å². The third kappa shape index (κ3) is 4.98. The average Bonchev–Trinajstić information content (AvgIpc) is 2.60. The number of methoxy groups -OCH3 is 1. The van der Waals surface area contributed by atoms with Gasteiger partial charge in [-0.3, -0.25) is 14.4 Å². The Hall–Kier alpha value is -2.57. The lowest BCUT2D eigenvalue weighted by Gasteiger charge is -2.32. The van der Waals surface area contributed by atoms with Crippen LogP contribution in [0.25, 0.3) is 0 Å². The van der Waals surface area contributed by atoms with E-state index in [-0.39, 0.29) is 24.8 Å². The molecule has 0 atom stereocenters. The Balaban J connectivity index is 1.73. The molecule has 1 aliphatic rings. The number of ether oxygens (including phenoxy) is 1. The fourth-order valence-electron chi connectivity index (χ4n) is 2.35. The number of amides is 3. The maximum atomic E-state index is 12.0. The van der Waals surface area contributed by atoms with Crippen LogP contribution in [0.4, 0.5) is 0 Å². The number of nitrogens with one attached hydrogen (secondary N) is 1. The molecule has 0 unspecified atom stereocenters. The molecule has 23 heavy (non-hydrogen) atoms. The van der Waals surface area contributed by atoms with Crippen LogP contribution in [-0.2, 0) is 20.8 Å². The van der Waals surface area contributed by atoms with E-state index in [2.05, 4.69) is 5.32 Å². The summed E-state index contributed by atoms with van der Waals surface area (Å²) in [5.74, 6) is 0.410. The molecule has 1 saturated heterocycles. The molecule has 124 valence electrons. The standard InChI is InChI=1S/C16H21N3O4/c1-23-14-4-2-13(3-5-14)10-15(21)17-11-16(22)19-8-6-18(12-20)7-9-19/h2-5,12H,6-11H2,1H3,(H,17,21). The number of piperazine rings is 1. The molecule has 0 spiro atoms. The highest BCUT2D eigenvalue weighted by molar-refractivity contribution is 5.85. The fraction of sp³-hybridized carbons (Fsp3) is 0.438. The number of carbonyl (C=O) groups excluding carboxylic acids is 3. The van der Waals surface area contributed by atoms with Gasteiger partial charge in [0.25, 0.3) is 0 Å². The number of hydrogen-bond donors (Lipinski definition) is 1. The molecule has 1 fully saturated rings. The van der Waals surface area contributed by atoms with Crippen LogP contribution in [0.5, 0.6) is 5.75 Å². The molecule has 1 aliphatic heterocycles. The largest absolute Gasteiger partial charge is 0.497 e. The number of carbonyl (C=O) groups is 3. The summed E-state index contributed by atoms with van der Waals surface area (Å²) in [5, 5.41) is 2.64. The van der Waals surface area contributed by atoms with E-state index < -0.39 is 0 Å². The first-order valence-corrected chi connectivity index (χ1v) is 7.49. The SMILES string of the molecule is COc1ccc(CC(=O)NCC(=O)N2CCN(C=O)CC2)cc1. The smallest absolute Gasteiger partial charge is 0.242 e. The van der Waals surface area contributed by atoms with E-state index in [4.69, 9.17) is 4.74 Å². The van der Waals surface area contributed by atoms with Crippen molar-refractivity contribution >= 4 is 18.2 Å². The molecule has 0 bridgehead atoms. The van der Waals surface area contributed by atoms with E-state index in [0.29, 0.717) is 26.2 Å². The Morgan fingerprint density at radius 2 is 1.83 bits per heavy atom. The molecule has 1 aromatic carbocycles. The van der Waals surface area contributed by atoms with Crippen LogP contribution in [0.2, 0.25) is 0 Å². The summed E-state index contributed by atoms with van der Waals surface area (Å²) < 4.78 is 5.06. The van der Waals surface area contributed by atoms with Gasteiger partial charge in [0.1, 0.15) is 5.75 Å². The normalized spacial score (nSPS) is 14.3. The molecular formula is C16H21N3O4. The van der Waals surface area contributed by atoms with Gasteiger partial charge in [-0.15, -0.1) is 0 Å². The van der Waals surface area contributed by atoms with E-state index in [1.165, 1.54) is 0 Å². The highest BCUT2D eigenvalue weighted by atomic mass is 16.5. The van der Waals surface area contributed by atoms with Gasteiger partial charge in [-0.1, -0.05) is 12.1 Å². The van der Waals surface area contributed by atoms with Crippen molar-refractivity contribution in [3.8, 4) is 5.75 Å². The van der Waals surface area contributed by atoms with Crippen molar-refractivity contribution in [2.45, 2.75) is 6.42 Å². The summed E-state index contributed by atoms with van der Waals surface area (Å²) in [7, 11) is 1.59. The fourth-order valence-corrected chi connectivity index (χ4v) is 2.35. The second-order valence-corrected chi connectivity index (χ2v) is 5.32. The van der Waals surface area contributed by atoms with Crippen molar-refractivity contribution in [1.82, 2.24) is 15.1 Å². The van der Waals surface area contributed by atoms with Crippen molar-refractivity contribution < 1.29 is 19.1 Å². The first kappa shape index (κ1) is 16.8. The van der Waals surface area contributed by atoms with Gasteiger partial charge in [-0.05, 0) is 17.7 Å². The molecule has 0 aromatic heterocycles. The summed E-state index contributed by atoms with van der Waals surface area (Å²) >= 11 is 0. The van der Waals surface area contributed by atoms with Gasteiger partial charge in [-0.2, -0.15) is 0 Å². The third-order valence-corrected chi connectivity index (χ3v) is 3.78. The first-order valence-electron chi connectivity index (χ1n) is 7.49. The highest BCUT2D eigenvalue weighted by Gasteiger charge is 2.20. The van der Waals surface area contributed by atoms with E-state index in [9.17, 15) is 14.4 Å². The molecule has 7 nitrogen and oxygen atoms in total. The topological polar surface area (TPSA) is 79.0 Å². The summed E-state index contributed by atoms with van der Waals surface area (Å²) in [5.41, 5.74) is 0.857. The number of hydrogen-bond acceptors (Lipinski definition) is 4. The second-order valence-electron chi connectivity index (χ2n) is 5.32. The molecule has 3 amide bonds. The monoisotopic (exact) mass is 319 g/mol. The van der Waals surface area contributed by atoms with Gasteiger partial charge in [-0.25, -0.2) is 0 Å². The molecule has 0 aliphatic carbocycles. The minimum atomic E-state index is -0.199. The van der Waals surface area contributed by atoms with Crippen LogP contribution in [-0.4, -0.2) is 67.9 Å². The van der Waals surface area contributed by atoms with Crippen LogP contribution in [0.1, 0.15) is 5.56 Å². The molecule has 1 heterocycles. The minimum absolute atomic E-state index is 0.0178. The molecule has 7 heteroatoms. The lowest BCUT2D eigenvalue weighted by atomic mass is 10.1. The lowest BCUT2D eigenvalue weighted by molar-refractivity contribution is -0.135. The molecule has 1 N–H and O–H groups in total. The highest BCUT2D eigenvalue weighted by Crippen LogP contribution is 2.11. The zero-order chi connectivity index (χ0) is 16.7. The Morgan fingerprint density at radius 3 is 2.39 bits per heavy atom. The predicted molar refractivity (Wildman–Crippen MR) is 83.9 cm³/mol. The zero-order valence-corrected chi connectivity index (χ0v) is 13.2. The van der Waals surface area contributed by atoms with Crippen LogP contribution >= 0.6 is 0 Å². The maximum Gasteiger partial charge on any atom is 0.242 e. The van der Waals surface area contributed by atoms with Gasteiger partial charge < -0.3 is 19.9 Å². The van der Waals surface area contributed by atoms with Gasteiger partial charge in [0.15, 0.2) is 0 Å². The number of rotatable bonds is 6. The molecular weight excluding hydrogens is 298 g/mol. The maximum absolute atomic E-state index is 12.0. The zero-order valence-electron chi connectivity index (χ0n) is 13.2. The summed E-state index contributed by atoms with van der Waals surface area (Å²) in [6.45, 7) is 2.07. The average molecular weight is 319 g/mol. The Labute approximate surface area is 135 Å². The van der Waals surface area contributed by atoms with E-state index in [1.807, 2.05) is 12.1 Å². The van der Waals surface area contributed by atoms with Gasteiger partial charge in [0.05, 0.1) is 20.1 Å². The number of benzene rings is 1. The molecule has 0 saturated carbocycles. The van der Waals surface area contributed by atoms with Crippen molar-refractivity contribution in [2.75, 3.05) is 39.8 Å². The first-order chi connectivity index (χ1) is 11.1. The lowest BCUT2D eigenvalue weighted by Crippen LogP contribution is -2.50. The van der Waals surface area contributed by atoms with Crippen LogP contribution in [0, 0.1) is 0 Å². The quantitative estimate of drug-likeness (QED) is 0.727. The number of nitrogens with zero attached hydrogens (tertiary/aromatic N) is 2. The second kappa shape index (κ2) is 8.17. The summed E-state index contributed by atoms with van der Waals surface area (Å²) in [6, 6.07) is 7.22. The van der Waals surface area contributed by atoms with E-state index in [1.54, 1.807) is 29.0 Å². The minimum Gasteiger partial charge on any atom is -0.497 e. The van der Waals surface area contributed by atoms with Crippen molar-refractivity contribution in [3.63, 3.8) is 0 Å². The molecule has 2 rings (SSSR count). The van der Waals surface area contributed by atoms with Gasteiger partial charge >= 0.3 is 0 Å². The third-order valence-electron chi connectivity index (χ3n) is 3.78. The summed E-state index contributed by atoms with van der Waals surface area (Å²) in [4.78, 5) is 37.8. The Morgan fingerprint density at radius 1 is 1.17 bits per heavy atom. The van der Waals surface area contributed by atoms with Crippen molar-refractivity contribution in [1.29, 1.82) is 0 Å². The Kier molecular flexibility index (Phi) is 5.96.